The molecule has 1 fully saturated rings. The predicted octanol–water partition coefficient (Wildman–Crippen LogP) is 0.769. The number of carbonyl (C=O) groups excluding carboxylic acids is 1. The van der Waals surface area contributed by atoms with Gasteiger partial charge in [0, 0.05) is 5.75 Å². The topological polar surface area (TPSA) is 47.8 Å². The van der Waals surface area contributed by atoms with E-state index in [1.807, 2.05) is 11.8 Å². The summed E-state index contributed by atoms with van der Waals surface area (Å²) in [6, 6.07) is 0.441. The van der Waals surface area contributed by atoms with E-state index in [1.54, 1.807) is 10.9 Å². The molecule has 4 nitrogen and oxygen atoms in total. The lowest BCUT2D eigenvalue weighted by Crippen LogP contribution is -2.08. The first-order chi connectivity index (χ1) is 5.90. The molecule has 1 aromatic rings. The number of rotatable bonds is 2. The van der Waals surface area contributed by atoms with Crippen LogP contribution in [0.4, 0.5) is 0 Å². The van der Waals surface area contributed by atoms with Crippen molar-refractivity contribution in [3.63, 3.8) is 0 Å². The lowest BCUT2D eigenvalue weighted by Gasteiger charge is -2.05. The largest absolute Gasteiger partial charge is 0.296 e. The van der Waals surface area contributed by atoms with Crippen LogP contribution in [-0.4, -0.2) is 32.8 Å². The highest BCUT2D eigenvalue weighted by atomic mass is 32.2. The van der Waals surface area contributed by atoms with Crippen molar-refractivity contribution in [2.45, 2.75) is 12.5 Å². The Balaban J connectivity index is 2.16. The van der Waals surface area contributed by atoms with Gasteiger partial charge in [0.2, 0.25) is 0 Å². The fourth-order valence-electron chi connectivity index (χ4n) is 1.25. The number of thioether (sulfide) groups is 1. The fourth-order valence-corrected chi connectivity index (χ4v) is 2.45. The van der Waals surface area contributed by atoms with Gasteiger partial charge >= 0.3 is 0 Å². The fraction of sp³-hybridized carbons (Fsp3) is 0.571. The molecule has 1 saturated heterocycles. The van der Waals surface area contributed by atoms with E-state index >= 15 is 0 Å². The van der Waals surface area contributed by atoms with Gasteiger partial charge in [-0.3, -0.25) is 4.79 Å². The molecule has 0 spiro atoms. The van der Waals surface area contributed by atoms with Crippen molar-refractivity contribution in [2.24, 2.45) is 0 Å². The number of aromatic nitrogens is 3. The molecule has 0 N–H and O–H groups in total. The van der Waals surface area contributed by atoms with Crippen LogP contribution in [0.25, 0.3) is 0 Å². The molecule has 1 aliphatic rings. The third-order valence-electron chi connectivity index (χ3n) is 1.93. The molecule has 1 unspecified atom stereocenters. The second-order valence-corrected chi connectivity index (χ2v) is 3.91. The molecule has 2 rings (SSSR count). The molecule has 5 heteroatoms. The van der Waals surface area contributed by atoms with Gasteiger partial charge in [-0.05, 0) is 12.2 Å². The lowest BCUT2D eigenvalue weighted by molar-refractivity contribution is 0.111. The molecule has 0 saturated carbocycles. The van der Waals surface area contributed by atoms with Crippen LogP contribution >= 0.6 is 11.8 Å². The molecular formula is C7H9N3OS. The summed E-state index contributed by atoms with van der Waals surface area (Å²) >= 11 is 1.92. The van der Waals surface area contributed by atoms with Crippen LogP contribution in [0.15, 0.2) is 6.20 Å². The molecule has 0 bridgehead atoms. The van der Waals surface area contributed by atoms with Crippen LogP contribution in [-0.2, 0) is 0 Å². The zero-order valence-corrected chi connectivity index (χ0v) is 7.33. The van der Waals surface area contributed by atoms with E-state index in [0.717, 1.165) is 18.5 Å². The summed E-state index contributed by atoms with van der Waals surface area (Å²) in [6.07, 6.45) is 3.57. The van der Waals surface area contributed by atoms with Gasteiger partial charge in [-0.15, -0.1) is 5.10 Å². The van der Waals surface area contributed by atoms with Crippen molar-refractivity contribution < 1.29 is 4.79 Å². The molecule has 0 aromatic carbocycles. The van der Waals surface area contributed by atoms with E-state index in [2.05, 4.69) is 10.3 Å². The van der Waals surface area contributed by atoms with Gasteiger partial charge in [0.15, 0.2) is 6.29 Å². The summed E-state index contributed by atoms with van der Waals surface area (Å²) in [5, 5.41) is 7.61. The Morgan fingerprint density at radius 2 is 2.67 bits per heavy atom. The van der Waals surface area contributed by atoms with Crippen molar-refractivity contribution in [1.82, 2.24) is 15.0 Å². The van der Waals surface area contributed by atoms with Crippen LogP contribution < -0.4 is 0 Å². The minimum atomic E-state index is 0.423. The lowest BCUT2D eigenvalue weighted by atomic mass is 10.3. The molecule has 1 aliphatic heterocycles. The predicted molar refractivity (Wildman–Crippen MR) is 46.4 cm³/mol. The monoisotopic (exact) mass is 183 g/mol. The number of carbonyl (C=O) groups is 1. The molecule has 2 heterocycles. The molecule has 0 amide bonds. The number of hydrogen-bond donors (Lipinski definition) is 0. The summed E-state index contributed by atoms with van der Waals surface area (Å²) in [6.45, 7) is 0. The average Bonchev–Trinajstić information content (AvgIpc) is 2.75. The Bertz CT molecular complexity index is 280. The summed E-state index contributed by atoms with van der Waals surface area (Å²) in [5.74, 6) is 2.27. The highest BCUT2D eigenvalue weighted by molar-refractivity contribution is 7.99. The minimum Gasteiger partial charge on any atom is -0.296 e. The first kappa shape index (κ1) is 7.79. The third kappa shape index (κ3) is 1.36. The van der Waals surface area contributed by atoms with Crippen LogP contribution in [0.5, 0.6) is 0 Å². The second kappa shape index (κ2) is 3.26. The first-order valence-electron chi connectivity index (χ1n) is 3.85. The zero-order chi connectivity index (χ0) is 8.39. The van der Waals surface area contributed by atoms with Gasteiger partial charge in [-0.25, -0.2) is 4.68 Å². The van der Waals surface area contributed by atoms with Gasteiger partial charge < -0.3 is 0 Å². The third-order valence-corrected chi connectivity index (χ3v) is 3.07. The smallest absolute Gasteiger partial charge is 0.171 e. The van der Waals surface area contributed by atoms with Crippen molar-refractivity contribution in [1.29, 1.82) is 0 Å². The van der Waals surface area contributed by atoms with E-state index < -0.39 is 0 Å². The molecular weight excluding hydrogens is 174 g/mol. The van der Waals surface area contributed by atoms with Crippen LogP contribution in [0.2, 0.25) is 0 Å². The van der Waals surface area contributed by atoms with Crippen LogP contribution in [0.1, 0.15) is 23.0 Å². The Kier molecular flexibility index (Phi) is 2.12. The maximum absolute atomic E-state index is 10.3. The maximum atomic E-state index is 10.3. The Morgan fingerprint density at radius 3 is 3.25 bits per heavy atom. The van der Waals surface area contributed by atoms with Gasteiger partial charge in [0.25, 0.3) is 0 Å². The van der Waals surface area contributed by atoms with E-state index in [0.29, 0.717) is 11.7 Å². The summed E-state index contributed by atoms with van der Waals surface area (Å²) in [7, 11) is 0. The van der Waals surface area contributed by atoms with Crippen LogP contribution in [0.3, 0.4) is 0 Å². The van der Waals surface area contributed by atoms with Crippen molar-refractivity contribution in [2.75, 3.05) is 11.5 Å². The van der Waals surface area contributed by atoms with E-state index in [-0.39, 0.29) is 0 Å². The van der Waals surface area contributed by atoms with Crippen molar-refractivity contribution in [3.8, 4) is 0 Å². The minimum absolute atomic E-state index is 0.423. The van der Waals surface area contributed by atoms with Crippen molar-refractivity contribution in [3.05, 3.63) is 11.9 Å². The molecule has 12 heavy (non-hydrogen) atoms. The van der Waals surface area contributed by atoms with E-state index in [9.17, 15) is 4.79 Å². The summed E-state index contributed by atoms with van der Waals surface area (Å²) in [4.78, 5) is 10.3. The highest BCUT2D eigenvalue weighted by Crippen LogP contribution is 2.26. The first-order valence-corrected chi connectivity index (χ1v) is 5.00. The molecule has 1 aromatic heterocycles. The van der Waals surface area contributed by atoms with E-state index in [4.69, 9.17) is 0 Å². The van der Waals surface area contributed by atoms with E-state index in [1.165, 1.54) is 5.75 Å². The Morgan fingerprint density at radius 1 is 1.75 bits per heavy atom. The van der Waals surface area contributed by atoms with Crippen LogP contribution in [0, 0.1) is 0 Å². The van der Waals surface area contributed by atoms with Gasteiger partial charge in [0.05, 0.1) is 12.2 Å². The Hall–Kier alpha value is -0.840. The normalized spacial score (nSPS) is 22.8. The highest BCUT2D eigenvalue weighted by Gasteiger charge is 2.18. The number of hydrogen-bond acceptors (Lipinski definition) is 4. The van der Waals surface area contributed by atoms with Gasteiger partial charge in [0.1, 0.15) is 5.69 Å². The summed E-state index contributed by atoms with van der Waals surface area (Å²) < 4.78 is 1.80. The quantitative estimate of drug-likeness (QED) is 0.635. The SMILES string of the molecule is O=Cc1cn(C2CCSC2)nn1. The number of aldehydes is 1. The maximum Gasteiger partial charge on any atom is 0.171 e. The Labute approximate surface area is 74.3 Å². The number of nitrogens with zero attached hydrogens (tertiary/aromatic N) is 3. The molecule has 0 aliphatic carbocycles. The van der Waals surface area contributed by atoms with Gasteiger partial charge in [-0.1, -0.05) is 5.21 Å². The van der Waals surface area contributed by atoms with Crippen molar-refractivity contribution >= 4 is 18.0 Å². The standard InChI is InChI=1S/C7H9N3OS/c11-4-6-3-10(9-8-6)7-1-2-12-5-7/h3-4,7H,1-2,5H2. The van der Waals surface area contributed by atoms with Gasteiger partial charge in [-0.2, -0.15) is 11.8 Å². The molecule has 1 atom stereocenters. The zero-order valence-electron chi connectivity index (χ0n) is 6.51. The summed E-state index contributed by atoms with van der Waals surface area (Å²) in [5.41, 5.74) is 0.423. The molecule has 64 valence electrons. The average molecular weight is 183 g/mol. The second-order valence-electron chi connectivity index (χ2n) is 2.76. The molecule has 0 radical (unpaired) electrons.